The summed E-state index contributed by atoms with van der Waals surface area (Å²) in [6.07, 6.45) is 3.41. The van der Waals surface area contributed by atoms with Crippen LogP contribution in [0.4, 0.5) is 0 Å². The summed E-state index contributed by atoms with van der Waals surface area (Å²) in [5.41, 5.74) is 0. The molecule has 0 aliphatic heterocycles. The second-order valence-electron chi connectivity index (χ2n) is 1.91. The van der Waals surface area contributed by atoms with E-state index in [1.807, 2.05) is 0 Å². The van der Waals surface area contributed by atoms with E-state index in [0.717, 1.165) is 17.4 Å². The van der Waals surface area contributed by atoms with Gasteiger partial charge < -0.3 is 60.3 Å². The first-order valence-electron chi connectivity index (χ1n) is 3.84. The van der Waals surface area contributed by atoms with E-state index in [0.29, 0.717) is 21.7 Å². The third-order valence-corrected chi connectivity index (χ3v) is 1.36. The predicted octanol–water partition coefficient (Wildman–Crippen LogP) is 1.07. The molecule has 0 amide bonds. The van der Waals surface area contributed by atoms with Crippen molar-refractivity contribution in [1.29, 1.82) is 0 Å². The van der Waals surface area contributed by atoms with Crippen LogP contribution in [0, 0.1) is 0 Å². The Bertz CT molecular complexity index is 204. The zero-order valence-electron chi connectivity index (χ0n) is 8.47. The fourth-order valence-corrected chi connectivity index (χ4v) is 0.644. The van der Waals surface area contributed by atoms with Crippen molar-refractivity contribution in [3.05, 3.63) is 25.3 Å². The van der Waals surface area contributed by atoms with Crippen molar-refractivity contribution in [2.45, 2.75) is 0 Å². The minimum absolute atomic E-state index is 0.403. The van der Waals surface area contributed by atoms with Crippen LogP contribution in [0.5, 0.6) is 0 Å². The van der Waals surface area contributed by atoms with E-state index >= 15 is 0 Å². The van der Waals surface area contributed by atoms with Crippen molar-refractivity contribution >= 4 is 58.3 Å². The summed E-state index contributed by atoms with van der Waals surface area (Å²) in [5, 5.41) is 5.45. The van der Waals surface area contributed by atoms with Gasteiger partial charge in [0.1, 0.15) is 0 Å². The van der Waals surface area contributed by atoms with E-state index < -0.39 is 0 Å². The summed E-state index contributed by atoms with van der Waals surface area (Å²) in [6, 6.07) is 0. The molecule has 0 saturated heterocycles. The van der Waals surface area contributed by atoms with Crippen LogP contribution in [0.25, 0.3) is 0 Å². The van der Waals surface area contributed by atoms with Gasteiger partial charge >= 0.3 is 21.0 Å². The Labute approximate surface area is 128 Å². The summed E-state index contributed by atoms with van der Waals surface area (Å²) in [4.78, 5) is 0. The van der Waals surface area contributed by atoms with E-state index in [9.17, 15) is 0 Å². The molecule has 0 unspecified atom stereocenters. The summed E-state index contributed by atoms with van der Waals surface area (Å²) in [5.74, 6) is 0. The Morgan fingerprint density at radius 2 is 1.31 bits per heavy atom. The van der Waals surface area contributed by atoms with Crippen molar-refractivity contribution < 1.29 is 21.0 Å². The minimum atomic E-state index is 0.403. The molecule has 0 aromatic carbocycles. The Hall–Kier alpha value is 0.0844. The van der Waals surface area contributed by atoms with Gasteiger partial charge in [0.15, 0.2) is 0 Å². The first-order chi connectivity index (χ1) is 7.54. The van der Waals surface area contributed by atoms with Gasteiger partial charge in [-0.1, -0.05) is 20.8 Å². The fraction of sp³-hybridized carbons (Fsp3) is 0.250. The molecular weight excluding hydrogens is 319 g/mol. The van der Waals surface area contributed by atoms with Gasteiger partial charge in [-0.2, -0.15) is 0 Å². The normalized spacial score (nSPS) is 6.88. The molecule has 0 aliphatic carbocycles. The van der Waals surface area contributed by atoms with Crippen LogP contribution in [-0.2, 0) is 46.3 Å². The third-order valence-electron chi connectivity index (χ3n) is 0.781. The van der Waals surface area contributed by atoms with Crippen molar-refractivity contribution in [2.24, 2.45) is 0 Å². The topological polar surface area (TPSA) is 41.1 Å². The average molecular weight is 331 g/mol. The molecule has 8 heteroatoms. The second kappa shape index (κ2) is 20.5. The molecule has 0 aromatic heterocycles. The molecule has 0 aliphatic rings. The average Bonchev–Trinajstić information content (AvgIpc) is 2.27. The molecule has 0 aromatic rings. The van der Waals surface area contributed by atoms with Gasteiger partial charge in [-0.25, -0.2) is 0 Å². The first-order valence-corrected chi connectivity index (χ1v) is 6.04. The van der Waals surface area contributed by atoms with Crippen molar-refractivity contribution in [1.82, 2.24) is 10.6 Å². The molecule has 0 atom stereocenters. The van der Waals surface area contributed by atoms with Gasteiger partial charge in [0.05, 0.1) is 0 Å². The summed E-state index contributed by atoms with van der Waals surface area (Å²) in [7, 11) is 0. The van der Waals surface area contributed by atoms with Gasteiger partial charge in [0.2, 0.25) is 0 Å². The van der Waals surface area contributed by atoms with Gasteiger partial charge in [0.25, 0.3) is 0 Å². The molecule has 89 valence electrons. The van der Waals surface area contributed by atoms with Crippen molar-refractivity contribution in [3.63, 3.8) is 0 Å². The predicted molar refractivity (Wildman–Crippen MR) is 77.0 cm³/mol. The second-order valence-corrected chi connectivity index (χ2v) is 4.06. The first kappa shape index (κ1) is 21.4. The van der Waals surface area contributed by atoms with E-state index in [1.54, 1.807) is 12.2 Å². The molecule has 0 radical (unpaired) electrons. The number of rotatable bonds is 4. The number of nitrogens with one attached hydrogen (secondary N) is 2. The summed E-state index contributed by atoms with van der Waals surface area (Å²) < 4.78 is 8.99. The number of hydrogen-bond acceptors (Lipinski definition) is 5. The van der Waals surface area contributed by atoms with Crippen molar-refractivity contribution in [3.8, 4) is 0 Å². The number of hydrogen-bond donors (Lipinski definition) is 2. The standard InChI is InChI=1S/2C4H7NS2.O.V/c2*1-2-3-5-4(6)7;;/h2*2H,1,3H2,(H2,5,6,7);;/q;;;+2/p-2. The van der Waals surface area contributed by atoms with E-state index in [1.165, 1.54) is 0 Å². The number of thiocarbonyl (C=S) groups is 2. The molecule has 0 fully saturated rings. The summed E-state index contributed by atoms with van der Waals surface area (Å²) in [6.45, 7) is 8.27. The maximum absolute atomic E-state index is 8.19. The Balaban J connectivity index is -0.000000183. The van der Waals surface area contributed by atoms with Crippen LogP contribution in [0.1, 0.15) is 0 Å². The monoisotopic (exact) mass is 331 g/mol. The van der Waals surface area contributed by atoms with E-state index in [4.69, 9.17) is 3.67 Å². The van der Waals surface area contributed by atoms with Crippen LogP contribution in [0.15, 0.2) is 25.3 Å². The summed E-state index contributed by atoms with van der Waals surface area (Å²) >= 11 is 19.1. The molecule has 0 rings (SSSR count). The van der Waals surface area contributed by atoms with Crippen LogP contribution in [0.2, 0.25) is 0 Å². The molecule has 16 heavy (non-hydrogen) atoms. The zero-order chi connectivity index (χ0) is 13.4. The van der Waals surface area contributed by atoms with E-state index in [-0.39, 0.29) is 0 Å². The molecule has 2 N–H and O–H groups in total. The molecule has 0 heterocycles. The van der Waals surface area contributed by atoms with Gasteiger partial charge in [-0.3, -0.25) is 0 Å². The Kier molecular flexibility index (Phi) is 27.4. The van der Waals surface area contributed by atoms with Gasteiger partial charge in [-0.05, 0) is 0 Å². The zero-order valence-corrected chi connectivity index (χ0v) is 13.1. The third kappa shape index (κ3) is 36.9. The van der Waals surface area contributed by atoms with Crippen molar-refractivity contribution in [2.75, 3.05) is 13.1 Å². The van der Waals surface area contributed by atoms with Gasteiger partial charge in [-0.15, -0.1) is 13.2 Å². The molecule has 3 nitrogen and oxygen atoms in total. The molecule has 0 spiro atoms. The maximum atomic E-state index is 8.19. The molecule has 0 bridgehead atoms. The van der Waals surface area contributed by atoms with Crippen LogP contribution >= 0.6 is 24.4 Å². The SMILES string of the molecule is C=CCNC(=S)[S-].C=CCNC(=S)[S-].[O]=[V+2]. The Morgan fingerprint density at radius 3 is 1.38 bits per heavy atom. The van der Waals surface area contributed by atoms with Gasteiger partial charge in [0, 0.05) is 13.1 Å². The fourth-order valence-electron chi connectivity index (χ4n) is 0.311. The van der Waals surface area contributed by atoms with Crippen LogP contribution < -0.4 is 10.6 Å². The van der Waals surface area contributed by atoms with Crippen LogP contribution in [0.3, 0.4) is 0 Å². The Morgan fingerprint density at radius 1 is 1.06 bits per heavy atom. The molecule has 0 saturated carbocycles. The quantitative estimate of drug-likeness (QED) is 0.454. The molecular formula is C8H12N2OS4V. The van der Waals surface area contributed by atoms with E-state index in [2.05, 4.69) is 73.5 Å². The van der Waals surface area contributed by atoms with Crippen LogP contribution in [-0.4, -0.2) is 21.7 Å².